The molecule has 0 spiro atoms. The Hall–Kier alpha value is -2.00. The molecule has 0 aliphatic heterocycles. The molecule has 17 heavy (non-hydrogen) atoms. The van der Waals surface area contributed by atoms with E-state index in [1.54, 1.807) is 18.2 Å². The third kappa shape index (κ3) is 2.77. The Morgan fingerprint density at radius 1 is 1.00 bits per heavy atom. The van der Waals surface area contributed by atoms with Gasteiger partial charge in [-0.1, -0.05) is 30.3 Å². The van der Waals surface area contributed by atoms with Crippen molar-refractivity contribution in [2.24, 2.45) is 0 Å². The largest absolute Gasteiger partial charge is 0.508 e. The van der Waals surface area contributed by atoms with Crippen molar-refractivity contribution in [3.05, 3.63) is 48.5 Å². The van der Waals surface area contributed by atoms with Gasteiger partial charge in [0.15, 0.2) is 0 Å². The van der Waals surface area contributed by atoms with Crippen LogP contribution in [0.4, 0.5) is 0 Å². The van der Waals surface area contributed by atoms with E-state index in [9.17, 15) is 5.11 Å². The quantitative estimate of drug-likeness (QED) is 0.848. The highest BCUT2D eigenvalue weighted by molar-refractivity contribution is 5.71. The molecule has 0 fully saturated rings. The van der Waals surface area contributed by atoms with Crippen molar-refractivity contribution in [2.45, 2.75) is 0 Å². The number of hydrogen-bond acceptors (Lipinski definition) is 3. The normalized spacial score (nSPS) is 10.2. The molecule has 2 rings (SSSR count). The molecule has 0 saturated heterocycles. The molecule has 0 saturated carbocycles. The second kappa shape index (κ2) is 5.37. The smallest absolute Gasteiger partial charge is 0.127 e. The summed E-state index contributed by atoms with van der Waals surface area (Å²) in [5, 5.41) is 18.3. The minimum absolute atomic E-state index is 0.0326. The Balaban J connectivity index is 2.40. The molecule has 0 aliphatic rings. The highest BCUT2D eigenvalue weighted by Gasteiger charge is 2.07. The molecule has 0 unspecified atom stereocenters. The lowest BCUT2D eigenvalue weighted by Crippen LogP contribution is -2.02. The SMILES string of the molecule is OCCOc1ccc(O)cc1-c1ccccc1. The van der Waals surface area contributed by atoms with Crippen LogP contribution in [-0.2, 0) is 0 Å². The van der Waals surface area contributed by atoms with Gasteiger partial charge in [0.2, 0.25) is 0 Å². The van der Waals surface area contributed by atoms with Crippen molar-refractivity contribution in [3.63, 3.8) is 0 Å². The first kappa shape index (κ1) is 11.5. The van der Waals surface area contributed by atoms with Gasteiger partial charge >= 0.3 is 0 Å². The highest BCUT2D eigenvalue weighted by Crippen LogP contribution is 2.32. The topological polar surface area (TPSA) is 49.7 Å². The monoisotopic (exact) mass is 230 g/mol. The van der Waals surface area contributed by atoms with Crippen LogP contribution in [0.3, 0.4) is 0 Å². The van der Waals surface area contributed by atoms with E-state index < -0.39 is 0 Å². The van der Waals surface area contributed by atoms with E-state index in [-0.39, 0.29) is 19.0 Å². The summed E-state index contributed by atoms with van der Waals surface area (Å²) < 4.78 is 5.43. The fraction of sp³-hybridized carbons (Fsp3) is 0.143. The predicted molar refractivity (Wildman–Crippen MR) is 66.1 cm³/mol. The summed E-state index contributed by atoms with van der Waals surface area (Å²) in [7, 11) is 0. The molecule has 3 heteroatoms. The number of aliphatic hydroxyl groups is 1. The van der Waals surface area contributed by atoms with Crippen LogP contribution >= 0.6 is 0 Å². The van der Waals surface area contributed by atoms with E-state index in [4.69, 9.17) is 9.84 Å². The standard InChI is InChI=1S/C14H14O3/c15-8-9-17-14-7-6-12(16)10-13(14)11-4-2-1-3-5-11/h1-7,10,15-16H,8-9H2. The molecule has 2 aromatic rings. The van der Waals surface area contributed by atoms with Crippen LogP contribution in [0.15, 0.2) is 48.5 Å². The van der Waals surface area contributed by atoms with Gasteiger partial charge in [0.05, 0.1) is 6.61 Å². The Morgan fingerprint density at radius 3 is 2.47 bits per heavy atom. The third-order valence-corrected chi connectivity index (χ3v) is 2.40. The van der Waals surface area contributed by atoms with E-state index in [0.29, 0.717) is 5.75 Å². The maximum Gasteiger partial charge on any atom is 0.127 e. The third-order valence-electron chi connectivity index (χ3n) is 2.40. The molecule has 0 radical (unpaired) electrons. The van der Waals surface area contributed by atoms with Crippen LogP contribution in [0.1, 0.15) is 0 Å². The fourth-order valence-electron chi connectivity index (χ4n) is 1.64. The molecule has 0 heterocycles. The molecule has 0 amide bonds. The Bertz CT molecular complexity index is 480. The van der Waals surface area contributed by atoms with Crippen LogP contribution in [0.5, 0.6) is 11.5 Å². The Labute approximate surface area is 99.9 Å². The summed E-state index contributed by atoms with van der Waals surface area (Å²) in [6.45, 7) is 0.208. The minimum Gasteiger partial charge on any atom is -0.508 e. The number of ether oxygens (including phenoxy) is 1. The summed E-state index contributed by atoms with van der Waals surface area (Å²) in [6, 6.07) is 14.6. The van der Waals surface area contributed by atoms with E-state index >= 15 is 0 Å². The molecule has 2 N–H and O–H groups in total. The van der Waals surface area contributed by atoms with E-state index in [2.05, 4.69) is 0 Å². The maximum atomic E-state index is 9.52. The van der Waals surface area contributed by atoms with Gasteiger partial charge in [0, 0.05) is 5.56 Å². The first-order valence-corrected chi connectivity index (χ1v) is 5.43. The van der Waals surface area contributed by atoms with Gasteiger partial charge in [-0.25, -0.2) is 0 Å². The lowest BCUT2D eigenvalue weighted by Gasteiger charge is -2.11. The summed E-state index contributed by atoms with van der Waals surface area (Å²) in [4.78, 5) is 0. The Kier molecular flexibility index (Phi) is 3.62. The average Bonchev–Trinajstić information content (AvgIpc) is 2.38. The maximum absolute atomic E-state index is 9.52. The summed E-state index contributed by atoms with van der Waals surface area (Å²) in [5.41, 5.74) is 1.79. The predicted octanol–water partition coefficient (Wildman–Crippen LogP) is 2.43. The van der Waals surface area contributed by atoms with Crippen molar-refractivity contribution in [1.82, 2.24) is 0 Å². The van der Waals surface area contributed by atoms with Crippen molar-refractivity contribution in [3.8, 4) is 22.6 Å². The first-order valence-electron chi connectivity index (χ1n) is 5.43. The van der Waals surface area contributed by atoms with Gasteiger partial charge in [0.25, 0.3) is 0 Å². The number of aliphatic hydroxyl groups excluding tert-OH is 1. The molecule has 0 aromatic heterocycles. The average molecular weight is 230 g/mol. The molecule has 2 aromatic carbocycles. The summed E-state index contributed by atoms with van der Waals surface area (Å²) in [6.07, 6.45) is 0. The number of phenolic OH excluding ortho intramolecular Hbond substituents is 1. The van der Waals surface area contributed by atoms with Crippen LogP contribution < -0.4 is 4.74 Å². The molecule has 88 valence electrons. The number of aromatic hydroxyl groups is 1. The van der Waals surface area contributed by atoms with Crippen molar-refractivity contribution < 1.29 is 14.9 Å². The van der Waals surface area contributed by atoms with Gasteiger partial charge < -0.3 is 14.9 Å². The summed E-state index contributed by atoms with van der Waals surface area (Å²) in [5.74, 6) is 0.850. The van der Waals surface area contributed by atoms with Gasteiger partial charge in [-0.15, -0.1) is 0 Å². The molecule has 0 aliphatic carbocycles. The lowest BCUT2D eigenvalue weighted by atomic mass is 10.0. The minimum atomic E-state index is -0.0326. The fourth-order valence-corrected chi connectivity index (χ4v) is 1.64. The molecular weight excluding hydrogens is 216 g/mol. The number of rotatable bonds is 4. The van der Waals surface area contributed by atoms with Gasteiger partial charge in [0.1, 0.15) is 18.1 Å². The molecule has 0 atom stereocenters. The Morgan fingerprint density at radius 2 is 1.76 bits per heavy atom. The van der Waals surface area contributed by atoms with Crippen molar-refractivity contribution in [2.75, 3.05) is 13.2 Å². The van der Waals surface area contributed by atoms with Crippen LogP contribution in [-0.4, -0.2) is 23.4 Å². The van der Waals surface area contributed by atoms with Crippen molar-refractivity contribution in [1.29, 1.82) is 0 Å². The van der Waals surface area contributed by atoms with Gasteiger partial charge in [-0.05, 0) is 23.8 Å². The molecular formula is C14H14O3. The number of phenols is 1. The zero-order valence-corrected chi connectivity index (χ0v) is 9.34. The lowest BCUT2D eigenvalue weighted by molar-refractivity contribution is 0.202. The van der Waals surface area contributed by atoms with E-state index in [0.717, 1.165) is 11.1 Å². The zero-order valence-electron chi connectivity index (χ0n) is 9.34. The second-order valence-corrected chi connectivity index (χ2v) is 3.62. The van der Waals surface area contributed by atoms with Crippen LogP contribution in [0.2, 0.25) is 0 Å². The van der Waals surface area contributed by atoms with E-state index in [1.807, 2.05) is 30.3 Å². The first-order chi connectivity index (χ1) is 8.31. The van der Waals surface area contributed by atoms with E-state index in [1.165, 1.54) is 0 Å². The molecule has 0 bridgehead atoms. The molecule has 3 nitrogen and oxygen atoms in total. The van der Waals surface area contributed by atoms with Crippen LogP contribution in [0.25, 0.3) is 11.1 Å². The summed E-state index contributed by atoms with van der Waals surface area (Å²) >= 11 is 0. The second-order valence-electron chi connectivity index (χ2n) is 3.62. The van der Waals surface area contributed by atoms with Gasteiger partial charge in [-0.3, -0.25) is 0 Å². The van der Waals surface area contributed by atoms with Crippen LogP contribution in [0, 0.1) is 0 Å². The van der Waals surface area contributed by atoms with Crippen molar-refractivity contribution >= 4 is 0 Å². The number of benzene rings is 2. The zero-order chi connectivity index (χ0) is 12.1. The van der Waals surface area contributed by atoms with Gasteiger partial charge in [-0.2, -0.15) is 0 Å². The highest BCUT2D eigenvalue weighted by atomic mass is 16.5. The number of hydrogen-bond donors (Lipinski definition) is 2.